The third-order valence-electron chi connectivity index (χ3n) is 5.87. The molecule has 3 unspecified atom stereocenters. The molecule has 4 nitrogen and oxygen atoms in total. The molecule has 2 amide bonds. The van der Waals surface area contributed by atoms with Crippen LogP contribution in [-0.4, -0.2) is 24.0 Å². The van der Waals surface area contributed by atoms with Gasteiger partial charge in [-0.3, -0.25) is 9.59 Å². The second kappa shape index (κ2) is 9.59. The van der Waals surface area contributed by atoms with Crippen LogP contribution >= 0.6 is 0 Å². The van der Waals surface area contributed by atoms with Crippen LogP contribution in [0.2, 0.25) is 0 Å². The number of halogens is 3. The number of nitrogens with one attached hydrogen (secondary N) is 2. The van der Waals surface area contributed by atoms with E-state index in [9.17, 15) is 22.8 Å². The van der Waals surface area contributed by atoms with Crippen LogP contribution < -0.4 is 10.6 Å². The van der Waals surface area contributed by atoms with E-state index >= 15 is 0 Å². The fraction of sp³-hybridized carbons (Fsp3) is 0.360. The van der Waals surface area contributed by atoms with Gasteiger partial charge in [-0.1, -0.05) is 65.7 Å². The van der Waals surface area contributed by atoms with Gasteiger partial charge in [0.05, 0.1) is 6.04 Å². The van der Waals surface area contributed by atoms with E-state index in [1.165, 1.54) is 6.08 Å². The van der Waals surface area contributed by atoms with Crippen molar-refractivity contribution in [2.45, 2.75) is 44.9 Å². The quantitative estimate of drug-likeness (QED) is 0.498. The van der Waals surface area contributed by atoms with E-state index in [-0.39, 0.29) is 12.8 Å². The molecule has 1 aliphatic rings. The highest BCUT2D eigenvalue weighted by atomic mass is 19.4. The number of hydrogen-bond donors (Lipinski definition) is 2. The first-order chi connectivity index (χ1) is 15.1. The van der Waals surface area contributed by atoms with E-state index < -0.39 is 41.9 Å². The summed E-state index contributed by atoms with van der Waals surface area (Å²) in [5.41, 5.74) is 3.75. The van der Waals surface area contributed by atoms with E-state index in [1.54, 1.807) is 0 Å². The van der Waals surface area contributed by atoms with Gasteiger partial charge in [-0.05, 0) is 43.7 Å². The summed E-state index contributed by atoms with van der Waals surface area (Å²) in [5, 5.41) is 4.92. The molecule has 0 aliphatic carbocycles. The van der Waals surface area contributed by atoms with Crippen LogP contribution in [0.15, 0.2) is 61.2 Å². The number of aryl methyl sites for hydroxylation is 2. The summed E-state index contributed by atoms with van der Waals surface area (Å²) in [6.07, 6.45) is -3.34. The van der Waals surface area contributed by atoms with Crippen molar-refractivity contribution < 1.29 is 22.8 Å². The number of carbonyl (C=O) groups is 2. The van der Waals surface area contributed by atoms with E-state index in [1.807, 2.05) is 67.7 Å². The first kappa shape index (κ1) is 23.6. The summed E-state index contributed by atoms with van der Waals surface area (Å²) in [5.74, 6) is -3.66. The molecule has 3 rings (SSSR count). The Morgan fingerprint density at radius 3 is 2.03 bits per heavy atom. The van der Waals surface area contributed by atoms with Crippen molar-refractivity contribution in [1.29, 1.82) is 0 Å². The zero-order valence-electron chi connectivity index (χ0n) is 18.1. The molecule has 1 saturated heterocycles. The molecule has 3 atom stereocenters. The molecule has 170 valence electrons. The van der Waals surface area contributed by atoms with Gasteiger partial charge in [0.25, 0.3) is 0 Å². The van der Waals surface area contributed by atoms with Gasteiger partial charge in [0.15, 0.2) is 0 Å². The van der Waals surface area contributed by atoms with E-state index in [2.05, 4.69) is 11.9 Å². The zero-order valence-corrected chi connectivity index (χ0v) is 18.1. The van der Waals surface area contributed by atoms with Gasteiger partial charge in [-0.25, -0.2) is 0 Å². The summed E-state index contributed by atoms with van der Waals surface area (Å²) in [4.78, 5) is 25.6. The Balaban J connectivity index is 1.86. The molecule has 1 aliphatic heterocycles. The molecule has 32 heavy (non-hydrogen) atoms. The lowest BCUT2D eigenvalue weighted by Gasteiger charge is -2.37. The molecule has 2 aromatic rings. The van der Waals surface area contributed by atoms with Crippen LogP contribution in [0.3, 0.4) is 0 Å². The van der Waals surface area contributed by atoms with E-state index in [0.717, 1.165) is 22.3 Å². The van der Waals surface area contributed by atoms with Crippen LogP contribution in [0.25, 0.3) is 0 Å². The standard InChI is InChI=1S/C25H27F3N2O2/c1-4-5-19-14-20(24(32)30-22(19)25(26,27)28)23(31)29-21(17-10-6-15(2)7-11-17)18-12-8-16(3)9-13-18/h4,6-13,19-22H,1,5,14H2,2-3H3,(H,29,31)(H,30,32). The molecule has 0 saturated carbocycles. The van der Waals surface area contributed by atoms with Gasteiger partial charge >= 0.3 is 6.18 Å². The minimum atomic E-state index is -4.59. The summed E-state index contributed by atoms with van der Waals surface area (Å²) < 4.78 is 40.2. The fourth-order valence-electron chi connectivity index (χ4n) is 4.06. The lowest BCUT2D eigenvalue weighted by atomic mass is 9.81. The first-order valence-corrected chi connectivity index (χ1v) is 10.5. The van der Waals surface area contributed by atoms with E-state index in [4.69, 9.17) is 0 Å². The van der Waals surface area contributed by atoms with Gasteiger partial charge in [0.1, 0.15) is 12.0 Å². The third-order valence-corrected chi connectivity index (χ3v) is 5.87. The van der Waals surface area contributed by atoms with Gasteiger partial charge in [-0.15, -0.1) is 6.58 Å². The molecule has 0 radical (unpaired) electrons. The van der Waals surface area contributed by atoms with Crippen molar-refractivity contribution in [3.8, 4) is 0 Å². The van der Waals surface area contributed by atoms with Crippen LogP contribution in [0.4, 0.5) is 13.2 Å². The second-order valence-electron chi connectivity index (χ2n) is 8.36. The average Bonchev–Trinajstić information content (AvgIpc) is 2.74. The van der Waals surface area contributed by atoms with Crippen LogP contribution in [-0.2, 0) is 9.59 Å². The Kier molecular flexibility index (Phi) is 7.06. The monoisotopic (exact) mass is 444 g/mol. The Morgan fingerprint density at radius 2 is 1.59 bits per heavy atom. The van der Waals surface area contributed by atoms with Crippen molar-refractivity contribution in [1.82, 2.24) is 10.6 Å². The third kappa shape index (κ3) is 5.39. The minimum absolute atomic E-state index is 0.0492. The Hall–Kier alpha value is -3.09. The van der Waals surface area contributed by atoms with Gasteiger partial charge in [0, 0.05) is 0 Å². The highest BCUT2D eigenvalue weighted by Crippen LogP contribution is 2.35. The summed E-state index contributed by atoms with van der Waals surface area (Å²) in [6.45, 7) is 7.42. The van der Waals surface area contributed by atoms with Crippen LogP contribution in [0.5, 0.6) is 0 Å². The Labute approximate surface area is 185 Å². The average molecular weight is 444 g/mol. The van der Waals surface area contributed by atoms with Crippen molar-refractivity contribution in [3.05, 3.63) is 83.4 Å². The van der Waals surface area contributed by atoms with Crippen molar-refractivity contribution in [2.75, 3.05) is 0 Å². The number of alkyl halides is 3. The summed E-state index contributed by atoms with van der Waals surface area (Å²) >= 11 is 0. The first-order valence-electron chi connectivity index (χ1n) is 10.5. The minimum Gasteiger partial charge on any atom is -0.344 e. The second-order valence-corrected chi connectivity index (χ2v) is 8.36. The van der Waals surface area contributed by atoms with Crippen molar-refractivity contribution in [2.24, 2.45) is 11.8 Å². The normalized spacial score (nSPS) is 21.2. The highest BCUT2D eigenvalue weighted by Gasteiger charge is 2.51. The number of rotatable bonds is 6. The number of amides is 2. The maximum atomic E-state index is 13.4. The number of piperidine rings is 1. The van der Waals surface area contributed by atoms with Gasteiger partial charge in [0.2, 0.25) is 11.8 Å². The molecule has 0 bridgehead atoms. The van der Waals surface area contributed by atoms with Crippen molar-refractivity contribution in [3.63, 3.8) is 0 Å². The number of benzene rings is 2. The molecule has 7 heteroatoms. The molecule has 2 N–H and O–H groups in total. The maximum Gasteiger partial charge on any atom is 0.408 e. The fourth-order valence-corrected chi connectivity index (χ4v) is 4.06. The number of allylic oxidation sites excluding steroid dienone is 1. The molecule has 1 heterocycles. The topological polar surface area (TPSA) is 58.2 Å². The number of carbonyl (C=O) groups excluding carboxylic acids is 2. The van der Waals surface area contributed by atoms with E-state index in [0.29, 0.717) is 0 Å². The van der Waals surface area contributed by atoms with Crippen LogP contribution in [0.1, 0.15) is 41.1 Å². The van der Waals surface area contributed by atoms with Crippen LogP contribution in [0, 0.1) is 25.7 Å². The predicted octanol–water partition coefficient (Wildman–Crippen LogP) is 4.77. The Morgan fingerprint density at radius 1 is 1.09 bits per heavy atom. The Bertz CT molecular complexity index is 923. The maximum absolute atomic E-state index is 13.4. The summed E-state index contributed by atoms with van der Waals surface area (Å²) in [6, 6.07) is 12.7. The molecule has 0 spiro atoms. The molecule has 2 aromatic carbocycles. The predicted molar refractivity (Wildman–Crippen MR) is 117 cm³/mol. The largest absolute Gasteiger partial charge is 0.408 e. The van der Waals surface area contributed by atoms with Crippen molar-refractivity contribution >= 4 is 11.8 Å². The molecule has 1 fully saturated rings. The lowest BCUT2D eigenvalue weighted by Crippen LogP contribution is -2.58. The smallest absolute Gasteiger partial charge is 0.344 e. The van der Waals surface area contributed by atoms with Gasteiger partial charge in [-0.2, -0.15) is 13.2 Å². The highest BCUT2D eigenvalue weighted by molar-refractivity contribution is 6.01. The zero-order chi connectivity index (χ0) is 23.5. The SMILES string of the molecule is C=CCC1CC(C(=O)NC(c2ccc(C)cc2)c2ccc(C)cc2)C(=O)NC1C(F)(F)F. The number of hydrogen-bond acceptors (Lipinski definition) is 2. The van der Waals surface area contributed by atoms with Gasteiger partial charge < -0.3 is 10.6 Å². The molecular formula is C25H27F3N2O2. The molecule has 0 aromatic heterocycles. The summed E-state index contributed by atoms with van der Waals surface area (Å²) in [7, 11) is 0. The molecular weight excluding hydrogens is 417 g/mol. The lowest BCUT2D eigenvalue weighted by molar-refractivity contribution is -0.181.